The Morgan fingerprint density at radius 3 is 2.52 bits per heavy atom. The van der Waals surface area contributed by atoms with Crippen LogP contribution in [0.25, 0.3) is 5.69 Å². The molecule has 25 heavy (non-hydrogen) atoms. The number of aryl methyl sites for hydroxylation is 1. The number of nitrogens with zero attached hydrogens (tertiary/aromatic N) is 2. The molecule has 0 atom stereocenters. The fraction of sp³-hybridized carbons (Fsp3) is 0.111. The molecule has 2 aromatic carbocycles. The Labute approximate surface area is 154 Å². The fourth-order valence-corrected chi connectivity index (χ4v) is 2.98. The summed E-state index contributed by atoms with van der Waals surface area (Å²) in [7, 11) is 0. The van der Waals surface area contributed by atoms with Gasteiger partial charge in [-0.2, -0.15) is 5.10 Å². The number of hydrogen-bond acceptors (Lipinski definition) is 2. The van der Waals surface area contributed by atoms with Crippen LogP contribution in [-0.2, 0) is 6.54 Å². The number of halogens is 3. The van der Waals surface area contributed by atoms with Crippen LogP contribution in [0.3, 0.4) is 0 Å². The Balaban J connectivity index is 1.84. The second-order valence-electron chi connectivity index (χ2n) is 5.41. The predicted octanol–water partition coefficient (Wildman–Crippen LogP) is 4.56. The minimum Gasteiger partial charge on any atom is -0.348 e. The van der Waals surface area contributed by atoms with Gasteiger partial charge in [0.25, 0.3) is 5.91 Å². The third-order valence-electron chi connectivity index (χ3n) is 3.70. The van der Waals surface area contributed by atoms with E-state index in [2.05, 4.69) is 10.4 Å². The van der Waals surface area contributed by atoms with Crippen molar-refractivity contribution < 1.29 is 9.18 Å². The molecule has 0 aliphatic heterocycles. The molecule has 0 saturated heterocycles. The van der Waals surface area contributed by atoms with Crippen LogP contribution in [0.1, 0.15) is 21.6 Å². The lowest BCUT2D eigenvalue weighted by molar-refractivity contribution is 0.0950. The van der Waals surface area contributed by atoms with Crippen LogP contribution < -0.4 is 5.32 Å². The molecule has 1 aromatic heterocycles. The zero-order valence-electron chi connectivity index (χ0n) is 13.3. The van der Waals surface area contributed by atoms with Crippen molar-refractivity contribution in [2.24, 2.45) is 0 Å². The lowest BCUT2D eigenvalue weighted by Crippen LogP contribution is -2.23. The van der Waals surface area contributed by atoms with Crippen LogP contribution in [0.5, 0.6) is 0 Å². The smallest absolute Gasteiger partial charge is 0.256 e. The molecule has 1 N–H and O–H groups in total. The normalized spacial score (nSPS) is 10.7. The van der Waals surface area contributed by atoms with Gasteiger partial charge in [0.1, 0.15) is 11.0 Å². The van der Waals surface area contributed by atoms with Crippen LogP contribution in [0.4, 0.5) is 4.39 Å². The van der Waals surface area contributed by atoms with Gasteiger partial charge in [-0.25, -0.2) is 9.07 Å². The van der Waals surface area contributed by atoms with Gasteiger partial charge in [-0.1, -0.05) is 41.4 Å². The van der Waals surface area contributed by atoms with E-state index in [1.807, 2.05) is 18.2 Å². The van der Waals surface area contributed by atoms with Crippen LogP contribution in [0.2, 0.25) is 10.2 Å². The van der Waals surface area contributed by atoms with Gasteiger partial charge in [-0.15, -0.1) is 0 Å². The van der Waals surface area contributed by atoms with Gasteiger partial charge < -0.3 is 5.32 Å². The van der Waals surface area contributed by atoms with Crippen molar-refractivity contribution in [2.75, 3.05) is 0 Å². The van der Waals surface area contributed by atoms with E-state index in [-0.39, 0.29) is 29.0 Å². The van der Waals surface area contributed by atoms with Crippen LogP contribution in [-0.4, -0.2) is 15.7 Å². The summed E-state index contributed by atoms with van der Waals surface area (Å²) in [6.45, 7) is 1.96. The summed E-state index contributed by atoms with van der Waals surface area (Å²) in [5, 5.41) is 7.81. The summed E-state index contributed by atoms with van der Waals surface area (Å²) in [6, 6.07) is 12.9. The number of hydrogen-bond donors (Lipinski definition) is 1. The topological polar surface area (TPSA) is 46.9 Å². The number of rotatable bonds is 4. The van der Waals surface area contributed by atoms with E-state index < -0.39 is 0 Å². The third kappa shape index (κ3) is 3.67. The zero-order valence-corrected chi connectivity index (χ0v) is 14.8. The molecule has 0 aliphatic carbocycles. The van der Waals surface area contributed by atoms with Gasteiger partial charge in [-0.3, -0.25) is 4.79 Å². The van der Waals surface area contributed by atoms with E-state index >= 15 is 0 Å². The van der Waals surface area contributed by atoms with E-state index in [4.69, 9.17) is 23.2 Å². The highest BCUT2D eigenvalue weighted by atomic mass is 35.5. The van der Waals surface area contributed by atoms with Crippen molar-refractivity contribution in [1.82, 2.24) is 15.1 Å². The van der Waals surface area contributed by atoms with Gasteiger partial charge in [0, 0.05) is 11.6 Å². The molecule has 0 aliphatic rings. The first kappa shape index (κ1) is 17.5. The van der Waals surface area contributed by atoms with E-state index in [0.29, 0.717) is 16.4 Å². The molecule has 0 bridgehead atoms. The minimum absolute atomic E-state index is 0.167. The molecule has 4 nitrogen and oxygen atoms in total. The highest BCUT2D eigenvalue weighted by molar-refractivity contribution is 6.33. The van der Waals surface area contributed by atoms with Gasteiger partial charge >= 0.3 is 0 Å². The standard InChI is InChI=1S/C18H14Cl2FN3O/c1-11-16(18(25)22-10-12-4-2-3-5-15(12)19)17(20)24(23-11)14-8-6-13(21)7-9-14/h2-9H,10H2,1H3,(H,22,25). The van der Waals surface area contributed by atoms with Crippen molar-refractivity contribution in [2.45, 2.75) is 13.5 Å². The van der Waals surface area contributed by atoms with E-state index in [1.165, 1.54) is 16.8 Å². The molecule has 1 heterocycles. The number of carbonyl (C=O) groups is 1. The highest BCUT2D eigenvalue weighted by Gasteiger charge is 2.21. The predicted molar refractivity (Wildman–Crippen MR) is 95.9 cm³/mol. The monoisotopic (exact) mass is 377 g/mol. The first-order valence-corrected chi connectivity index (χ1v) is 8.25. The molecule has 0 saturated carbocycles. The Bertz CT molecular complexity index is 923. The lowest BCUT2D eigenvalue weighted by Gasteiger charge is -2.07. The Kier molecular flexibility index (Phi) is 5.06. The second kappa shape index (κ2) is 7.25. The van der Waals surface area contributed by atoms with Crippen molar-refractivity contribution >= 4 is 29.1 Å². The molecule has 1 amide bonds. The quantitative estimate of drug-likeness (QED) is 0.724. The van der Waals surface area contributed by atoms with Gasteiger partial charge in [0.05, 0.1) is 16.9 Å². The maximum absolute atomic E-state index is 13.1. The largest absolute Gasteiger partial charge is 0.348 e. The summed E-state index contributed by atoms with van der Waals surface area (Å²) in [6.07, 6.45) is 0. The Morgan fingerprint density at radius 2 is 1.84 bits per heavy atom. The molecule has 128 valence electrons. The summed E-state index contributed by atoms with van der Waals surface area (Å²) >= 11 is 12.4. The number of carbonyl (C=O) groups excluding carboxylic acids is 1. The molecule has 0 spiro atoms. The number of benzene rings is 2. The first-order chi connectivity index (χ1) is 12.0. The maximum Gasteiger partial charge on any atom is 0.256 e. The molecular weight excluding hydrogens is 364 g/mol. The summed E-state index contributed by atoms with van der Waals surface area (Å²) in [5.74, 6) is -0.711. The maximum atomic E-state index is 13.1. The molecule has 3 rings (SSSR count). The molecule has 0 radical (unpaired) electrons. The summed E-state index contributed by atoms with van der Waals surface area (Å²) in [5.41, 5.74) is 2.13. The minimum atomic E-state index is -0.360. The second-order valence-corrected chi connectivity index (χ2v) is 6.18. The van der Waals surface area contributed by atoms with Crippen molar-refractivity contribution in [3.05, 3.63) is 81.3 Å². The van der Waals surface area contributed by atoms with Crippen LogP contribution >= 0.6 is 23.2 Å². The fourth-order valence-electron chi connectivity index (χ4n) is 2.42. The van der Waals surface area contributed by atoms with Gasteiger partial charge in [0.15, 0.2) is 0 Å². The van der Waals surface area contributed by atoms with Gasteiger partial charge in [0.2, 0.25) is 0 Å². The molecular formula is C18H14Cl2FN3O. The van der Waals surface area contributed by atoms with Crippen LogP contribution in [0, 0.1) is 12.7 Å². The molecule has 0 unspecified atom stereocenters. The summed E-state index contributed by atoms with van der Waals surface area (Å²) < 4.78 is 14.5. The van der Waals surface area contributed by atoms with Crippen LogP contribution in [0.15, 0.2) is 48.5 Å². The van der Waals surface area contributed by atoms with Gasteiger partial charge in [-0.05, 0) is 42.8 Å². The third-order valence-corrected chi connectivity index (χ3v) is 4.42. The highest BCUT2D eigenvalue weighted by Crippen LogP contribution is 2.24. The molecule has 7 heteroatoms. The first-order valence-electron chi connectivity index (χ1n) is 7.50. The molecule has 3 aromatic rings. The van der Waals surface area contributed by atoms with E-state index in [1.54, 1.807) is 25.1 Å². The number of nitrogens with one attached hydrogen (secondary N) is 1. The Hall–Kier alpha value is -2.37. The average Bonchev–Trinajstić information content (AvgIpc) is 2.89. The van der Waals surface area contributed by atoms with E-state index in [0.717, 1.165) is 5.56 Å². The lowest BCUT2D eigenvalue weighted by atomic mass is 10.2. The van der Waals surface area contributed by atoms with Crippen molar-refractivity contribution in [3.63, 3.8) is 0 Å². The average molecular weight is 378 g/mol. The summed E-state index contributed by atoms with van der Waals surface area (Å²) in [4.78, 5) is 12.5. The van der Waals surface area contributed by atoms with E-state index in [9.17, 15) is 9.18 Å². The molecule has 0 fully saturated rings. The van der Waals surface area contributed by atoms with Crippen molar-refractivity contribution in [1.29, 1.82) is 0 Å². The number of amides is 1. The number of aromatic nitrogens is 2. The zero-order chi connectivity index (χ0) is 18.0. The SMILES string of the molecule is Cc1nn(-c2ccc(F)cc2)c(Cl)c1C(=O)NCc1ccccc1Cl. The van der Waals surface area contributed by atoms with Crippen molar-refractivity contribution in [3.8, 4) is 5.69 Å². The Morgan fingerprint density at radius 1 is 1.16 bits per heavy atom.